The Hall–Kier alpha value is -2.65. The lowest BCUT2D eigenvalue weighted by molar-refractivity contribution is 0.0848. The lowest BCUT2D eigenvalue weighted by Crippen LogP contribution is -2.43. The van der Waals surface area contributed by atoms with Gasteiger partial charge in [0.15, 0.2) is 0 Å². The van der Waals surface area contributed by atoms with Crippen molar-refractivity contribution in [1.29, 1.82) is 0 Å². The smallest absolute Gasteiger partial charge is 0.279 e. The molecule has 0 aromatic carbocycles. The molecule has 0 spiro atoms. The minimum absolute atomic E-state index is 0.127. The lowest BCUT2D eigenvalue weighted by Gasteiger charge is -2.06. The van der Waals surface area contributed by atoms with Gasteiger partial charge >= 0.3 is 0 Å². The molecule has 3 N–H and O–H groups in total. The minimum atomic E-state index is -0.716. The van der Waals surface area contributed by atoms with Crippen molar-refractivity contribution < 1.29 is 14.0 Å². The fourth-order valence-corrected chi connectivity index (χ4v) is 3.19. The Balaban J connectivity index is 1.69. The summed E-state index contributed by atoms with van der Waals surface area (Å²) >= 11 is 4.47. The van der Waals surface area contributed by atoms with Crippen molar-refractivity contribution in [2.24, 2.45) is 0 Å². The maximum absolute atomic E-state index is 12.0. The monoisotopic (exact) mass is 407 g/mol. The topological polar surface area (TPSA) is 104 Å². The van der Waals surface area contributed by atoms with Gasteiger partial charge in [-0.2, -0.15) is 0 Å². The van der Waals surface area contributed by atoms with E-state index in [1.54, 1.807) is 30.3 Å². The molecule has 24 heavy (non-hydrogen) atoms. The van der Waals surface area contributed by atoms with E-state index < -0.39 is 17.4 Å². The van der Waals surface area contributed by atoms with E-state index in [0.717, 1.165) is 3.79 Å². The third-order valence-corrected chi connectivity index (χ3v) is 4.65. The first-order valence-corrected chi connectivity index (χ1v) is 8.29. The number of aromatic amines is 1. The third kappa shape index (κ3) is 3.47. The number of hydrazine groups is 1. The average Bonchev–Trinajstić information content (AvgIpc) is 3.23. The second kappa shape index (κ2) is 6.85. The van der Waals surface area contributed by atoms with E-state index in [2.05, 4.69) is 31.8 Å². The number of halogens is 1. The van der Waals surface area contributed by atoms with Gasteiger partial charge in [-0.15, -0.1) is 11.3 Å². The maximum atomic E-state index is 12.0. The van der Waals surface area contributed by atoms with E-state index in [1.165, 1.54) is 23.7 Å². The molecular formula is C15H10BrN3O4S. The van der Waals surface area contributed by atoms with Gasteiger partial charge in [-0.05, 0) is 52.3 Å². The van der Waals surface area contributed by atoms with Crippen LogP contribution >= 0.6 is 27.3 Å². The molecule has 0 unspecified atom stereocenters. The zero-order valence-electron chi connectivity index (χ0n) is 12.0. The van der Waals surface area contributed by atoms with Crippen LogP contribution < -0.4 is 16.4 Å². The number of hydrogen-bond acceptors (Lipinski definition) is 5. The van der Waals surface area contributed by atoms with Crippen LogP contribution in [0.1, 0.15) is 20.0 Å². The van der Waals surface area contributed by atoms with Crippen LogP contribution in [0.25, 0.3) is 11.5 Å². The first kappa shape index (κ1) is 16.2. The molecule has 0 aliphatic carbocycles. The van der Waals surface area contributed by atoms with Crippen LogP contribution in [-0.4, -0.2) is 16.8 Å². The van der Waals surface area contributed by atoms with E-state index in [4.69, 9.17) is 4.42 Å². The molecule has 0 saturated heterocycles. The number of rotatable bonds is 3. The summed E-state index contributed by atoms with van der Waals surface area (Å²) in [4.78, 5) is 38.9. The molecular weight excluding hydrogens is 398 g/mol. The fourth-order valence-electron chi connectivity index (χ4n) is 1.91. The first-order chi connectivity index (χ1) is 11.5. The summed E-state index contributed by atoms with van der Waals surface area (Å²) in [7, 11) is 0. The molecule has 0 bridgehead atoms. The van der Waals surface area contributed by atoms with Crippen LogP contribution in [0, 0.1) is 0 Å². The number of thiophene rings is 1. The number of nitrogens with one attached hydrogen (secondary N) is 3. The number of hydrogen-bond donors (Lipinski definition) is 3. The molecule has 0 saturated carbocycles. The van der Waals surface area contributed by atoms with Crippen LogP contribution in [-0.2, 0) is 0 Å². The number of carbonyl (C=O) groups excluding carboxylic acids is 2. The van der Waals surface area contributed by atoms with Crippen LogP contribution in [0.4, 0.5) is 0 Å². The Morgan fingerprint density at radius 2 is 1.88 bits per heavy atom. The Kier molecular flexibility index (Phi) is 4.63. The van der Waals surface area contributed by atoms with E-state index in [1.807, 2.05) is 0 Å². The van der Waals surface area contributed by atoms with Crippen LogP contribution in [0.3, 0.4) is 0 Å². The second-order valence-corrected chi connectivity index (χ2v) is 7.07. The number of pyridine rings is 1. The molecule has 3 rings (SSSR count). The van der Waals surface area contributed by atoms with Gasteiger partial charge in [-0.25, -0.2) is 0 Å². The number of amides is 2. The highest BCUT2D eigenvalue weighted by atomic mass is 79.9. The summed E-state index contributed by atoms with van der Waals surface area (Å²) in [5.41, 5.74) is 4.21. The molecule has 0 fully saturated rings. The highest BCUT2D eigenvalue weighted by Crippen LogP contribution is 2.21. The quantitative estimate of drug-likeness (QED) is 0.580. The van der Waals surface area contributed by atoms with Crippen molar-refractivity contribution in [2.45, 2.75) is 0 Å². The zero-order valence-corrected chi connectivity index (χ0v) is 14.4. The molecule has 7 nitrogen and oxygen atoms in total. The Bertz CT molecular complexity index is 946. The van der Waals surface area contributed by atoms with Crippen LogP contribution in [0.15, 0.2) is 55.7 Å². The number of H-pyrrole nitrogens is 1. The molecule has 3 heterocycles. The highest BCUT2D eigenvalue weighted by molar-refractivity contribution is 9.11. The summed E-state index contributed by atoms with van der Waals surface area (Å²) in [6, 6.07) is 9.62. The molecule has 0 aliphatic heterocycles. The van der Waals surface area contributed by atoms with Crippen molar-refractivity contribution in [1.82, 2.24) is 15.8 Å². The SMILES string of the molecule is O=C(NNC(=O)c1ccc(-c2ccco2)[nH]c1=O)c1ccc(Br)s1. The first-order valence-electron chi connectivity index (χ1n) is 6.68. The van der Waals surface area contributed by atoms with Crippen LogP contribution in [0.5, 0.6) is 0 Å². The molecule has 0 aliphatic rings. The number of furan rings is 1. The van der Waals surface area contributed by atoms with E-state index in [-0.39, 0.29) is 5.56 Å². The lowest BCUT2D eigenvalue weighted by atomic mass is 10.2. The van der Waals surface area contributed by atoms with Crippen molar-refractivity contribution in [2.75, 3.05) is 0 Å². The zero-order chi connectivity index (χ0) is 17.1. The standard InChI is InChI=1S/C15H10BrN3O4S/c16-12-6-5-11(24-12)15(22)19-18-14(21)8-3-4-9(17-13(8)20)10-2-1-7-23-10/h1-7H,(H,17,20)(H,18,21)(H,19,22). The molecule has 2 amide bonds. The van der Waals surface area contributed by atoms with Gasteiger partial charge in [0.25, 0.3) is 17.4 Å². The molecule has 9 heteroatoms. The van der Waals surface area contributed by atoms with Gasteiger partial charge in [0.2, 0.25) is 0 Å². The van der Waals surface area contributed by atoms with Crippen molar-refractivity contribution in [3.8, 4) is 11.5 Å². The van der Waals surface area contributed by atoms with E-state index in [0.29, 0.717) is 16.3 Å². The van der Waals surface area contributed by atoms with Gasteiger partial charge < -0.3 is 9.40 Å². The molecule has 3 aromatic heterocycles. The van der Waals surface area contributed by atoms with Gasteiger partial charge in [-0.3, -0.25) is 25.2 Å². The van der Waals surface area contributed by atoms with Crippen molar-refractivity contribution >= 4 is 39.1 Å². The van der Waals surface area contributed by atoms with Gasteiger partial charge in [-0.1, -0.05) is 0 Å². The minimum Gasteiger partial charge on any atom is -0.463 e. The summed E-state index contributed by atoms with van der Waals surface area (Å²) < 4.78 is 5.97. The third-order valence-electron chi connectivity index (χ3n) is 3.03. The van der Waals surface area contributed by atoms with Crippen molar-refractivity contribution in [3.63, 3.8) is 0 Å². The van der Waals surface area contributed by atoms with Crippen molar-refractivity contribution in [3.05, 3.63) is 67.2 Å². The predicted molar refractivity (Wildman–Crippen MR) is 91.7 cm³/mol. The largest absolute Gasteiger partial charge is 0.463 e. The van der Waals surface area contributed by atoms with Gasteiger partial charge in [0.05, 0.1) is 20.6 Å². The van der Waals surface area contributed by atoms with E-state index >= 15 is 0 Å². The fraction of sp³-hybridized carbons (Fsp3) is 0. The van der Waals surface area contributed by atoms with Gasteiger partial charge in [0, 0.05) is 0 Å². The summed E-state index contributed by atoms with van der Waals surface area (Å²) in [6.45, 7) is 0. The summed E-state index contributed by atoms with van der Waals surface area (Å²) in [5, 5.41) is 0. The normalized spacial score (nSPS) is 10.4. The average molecular weight is 408 g/mol. The van der Waals surface area contributed by atoms with Crippen LogP contribution in [0.2, 0.25) is 0 Å². The predicted octanol–water partition coefficient (Wildman–Crippen LogP) is 2.53. The second-order valence-electron chi connectivity index (χ2n) is 4.60. The maximum Gasteiger partial charge on any atom is 0.279 e. The Labute approximate surface area is 147 Å². The Morgan fingerprint density at radius 3 is 2.50 bits per heavy atom. The van der Waals surface area contributed by atoms with E-state index in [9.17, 15) is 14.4 Å². The summed E-state index contributed by atoms with van der Waals surface area (Å²) in [6.07, 6.45) is 1.48. The molecule has 0 radical (unpaired) electrons. The Morgan fingerprint density at radius 1 is 1.08 bits per heavy atom. The number of aromatic nitrogens is 1. The molecule has 3 aromatic rings. The van der Waals surface area contributed by atoms with Gasteiger partial charge in [0.1, 0.15) is 11.3 Å². The summed E-state index contributed by atoms with van der Waals surface area (Å²) in [5.74, 6) is -0.704. The molecule has 122 valence electrons. The highest BCUT2D eigenvalue weighted by Gasteiger charge is 2.14. The number of carbonyl (C=O) groups is 2. The molecule has 0 atom stereocenters.